The van der Waals surface area contributed by atoms with Gasteiger partial charge in [-0.15, -0.1) is 0 Å². The lowest BCUT2D eigenvalue weighted by Gasteiger charge is -2.40. The summed E-state index contributed by atoms with van der Waals surface area (Å²) in [5.41, 5.74) is 0. The summed E-state index contributed by atoms with van der Waals surface area (Å²) in [5, 5.41) is 0. The third kappa shape index (κ3) is 3.23. The third-order valence-corrected chi connectivity index (χ3v) is 4.90. The van der Waals surface area contributed by atoms with Gasteiger partial charge in [0.2, 0.25) is 0 Å². The van der Waals surface area contributed by atoms with Gasteiger partial charge in [-0.25, -0.2) is 0 Å². The first kappa shape index (κ1) is 13.4. The van der Waals surface area contributed by atoms with E-state index in [1.54, 1.807) is 0 Å². The van der Waals surface area contributed by atoms with Crippen LogP contribution in [0, 0.1) is 17.8 Å². The molecule has 0 amide bonds. The van der Waals surface area contributed by atoms with Gasteiger partial charge in [0.1, 0.15) is 0 Å². The molecule has 0 aliphatic heterocycles. The van der Waals surface area contributed by atoms with E-state index in [1.807, 2.05) is 7.11 Å². The largest absolute Gasteiger partial charge is 0.381 e. The fraction of sp³-hybridized carbons (Fsp3) is 1.00. The lowest BCUT2D eigenvalue weighted by Crippen LogP contribution is -2.38. The Hall–Kier alpha value is -0.0800. The van der Waals surface area contributed by atoms with Gasteiger partial charge in [-0.05, 0) is 56.8 Å². The summed E-state index contributed by atoms with van der Waals surface area (Å²) >= 11 is 0. The lowest BCUT2D eigenvalue weighted by atomic mass is 9.75. The van der Waals surface area contributed by atoms with Crippen LogP contribution in [0.3, 0.4) is 0 Å². The maximum atomic E-state index is 6.19. The monoisotopic (exact) mass is 240 g/mol. The smallest absolute Gasteiger partial charge is 0.0584 e. The van der Waals surface area contributed by atoms with E-state index in [4.69, 9.17) is 9.47 Å². The Kier molecular flexibility index (Phi) is 4.48. The van der Waals surface area contributed by atoms with E-state index in [9.17, 15) is 0 Å². The van der Waals surface area contributed by atoms with Crippen LogP contribution in [-0.4, -0.2) is 25.4 Å². The van der Waals surface area contributed by atoms with Crippen LogP contribution >= 0.6 is 0 Å². The highest BCUT2D eigenvalue weighted by Gasteiger charge is 2.36. The van der Waals surface area contributed by atoms with E-state index >= 15 is 0 Å². The Morgan fingerprint density at radius 2 is 1.53 bits per heavy atom. The van der Waals surface area contributed by atoms with Crippen molar-refractivity contribution in [3.8, 4) is 0 Å². The molecule has 2 nitrogen and oxygen atoms in total. The van der Waals surface area contributed by atoms with Crippen LogP contribution in [-0.2, 0) is 9.47 Å². The van der Waals surface area contributed by atoms with Gasteiger partial charge in [0.05, 0.1) is 18.3 Å². The van der Waals surface area contributed by atoms with Crippen LogP contribution in [0.4, 0.5) is 0 Å². The van der Waals surface area contributed by atoms with Crippen LogP contribution in [0.2, 0.25) is 0 Å². The maximum absolute atomic E-state index is 6.19. The number of hydrogen-bond donors (Lipinski definition) is 0. The zero-order chi connectivity index (χ0) is 12.4. The molecule has 0 heterocycles. The summed E-state index contributed by atoms with van der Waals surface area (Å²) in [5.74, 6) is 2.45. The van der Waals surface area contributed by atoms with E-state index < -0.39 is 0 Å². The average molecular weight is 240 g/mol. The molecule has 0 bridgehead atoms. The molecule has 0 aromatic rings. The first-order valence-electron chi connectivity index (χ1n) is 7.28. The van der Waals surface area contributed by atoms with Crippen molar-refractivity contribution in [1.82, 2.24) is 0 Å². The van der Waals surface area contributed by atoms with Crippen molar-refractivity contribution < 1.29 is 9.47 Å². The molecule has 0 saturated heterocycles. The van der Waals surface area contributed by atoms with E-state index in [0.29, 0.717) is 18.3 Å². The summed E-state index contributed by atoms with van der Waals surface area (Å²) in [7, 11) is 1.83. The maximum Gasteiger partial charge on any atom is 0.0584 e. The fourth-order valence-corrected chi connectivity index (χ4v) is 3.29. The highest BCUT2D eigenvalue weighted by molar-refractivity contribution is 4.85. The molecule has 2 fully saturated rings. The first-order chi connectivity index (χ1) is 8.10. The van der Waals surface area contributed by atoms with Crippen molar-refractivity contribution in [2.45, 2.75) is 71.2 Å². The normalized spacial score (nSPS) is 39.4. The fourth-order valence-electron chi connectivity index (χ4n) is 3.29. The van der Waals surface area contributed by atoms with Gasteiger partial charge in [-0.2, -0.15) is 0 Å². The van der Waals surface area contributed by atoms with Gasteiger partial charge in [0, 0.05) is 7.11 Å². The minimum Gasteiger partial charge on any atom is -0.381 e. The molecule has 0 N–H and O–H groups in total. The zero-order valence-corrected chi connectivity index (χ0v) is 11.8. The summed E-state index contributed by atoms with van der Waals surface area (Å²) in [6, 6.07) is 0. The van der Waals surface area contributed by atoms with Crippen LogP contribution in [0.5, 0.6) is 0 Å². The quantitative estimate of drug-likeness (QED) is 0.730. The van der Waals surface area contributed by atoms with E-state index in [2.05, 4.69) is 20.8 Å². The van der Waals surface area contributed by atoms with Gasteiger partial charge in [0.15, 0.2) is 0 Å². The van der Waals surface area contributed by atoms with Gasteiger partial charge < -0.3 is 9.47 Å². The van der Waals surface area contributed by atoms with Gasteiger partial charge >= 0.3 is 0 Å². The summed E-state index contributed by atoms with van der Waals surface area (Å²) in [4.78, 5) is 0. The van der Waals surface area contributed by atoms with Crippen molar-refractivity contribution in [2.24, 2.45) is 17.8 Å². The Balaban J connectivity index is 1.67. The minimum absolute atomic E-state index is 0.424. The highest BCUT2D eigenvalue weighted by Crippen LogP contribution is 2.38. The molecule has 2 aliphatic rings. The average Bonchev–Trinajstić information content (AvgIpc) is 2.70. The molecule has 0 aromatic heterocycles. The Morgan fingerprint density at radius 1 is 0.882 bits per heavy atom. The van der Waals surface area contributed by atoms with Gasteiger partial charge in [-0.3, -0.25) is 0 Å². The van der Waals surface area contributed by atoms with E-state index in [0.717, 1.165) is 17.8 Å². The van der Waals surface area contributed by atoms with Crippen LogP contribution < -0.4 is 0 Å². The Morgan fingerprint density at radius 3 is 2.06 bits per heavy atom. The molecule has 100 valence electrons. The summed E-state index contributed by atoms with van der Waals surface area (Å²) < 4.78 is 11.6. The summed E-state index contributed by atoms with van der Waals surface area (Å²) in [6.45, 7) is 6.90. The Labute approximate surface area is 106 Å². The van der Waals surface area contributed by atoms with Crippen LogP contribution in [0.15, 0.2) is 0 Å². The number of ether oxygens (including phenoxy) is 2. The SMILES string of the molecule is COC1CCC(C(C)OC2CC(C(C)C)C2)C1. The van der Waals surface area contributed by atoms with Crippen molar-refractivity contribution in [1.29, 1.82) is 0 Å². The first-order valence-corrected chi connectivity index (χ1v) is 7.28. The van der Waals surface area contributed by atoms with Crippen LogP contribution in [0.1, 0.15) is 52.9 Å². The van der Waals surface area contributed by atoms with Crippen molar-refractivity contribution in [2.75, 3.05) is 7.11 Å². The second-order valence-corrected chi connectivity index (χ2v) is 6.37. The molecular weight excluding hydrogens is 212 g/mol. The topological polar surface area (TPSA) is 18.5 Å². The molecular formula is C15H28O2. The van der Waals surface area contributed by atoms with Crippen molar-refractivity contribution >= 4 is 0 Å². The van der Waals surface area contributed by atoms with E-state index in [1.165, 1.54) is 32.1 Å². The third-order valence-electron chi connectivity index (χ3n) is 4.90. The number of methoxy groups -OCH3 is 1. The molecule has 0 spiro atoms. The standard InChI is InChI=1S/C15H28O2/c1-10(2)13-8-15(9-13)17-11(3)12-5-6-14(7-12)16-4/h10-15H,5-9H2,1-4H3. The second-order valence-electron chi connectivity index (χ2n) is 6.37. The molecule has 0 aromatic carbocycles. The molecule has 17 heavy (non-hydrogen) atoms. The van der Waals surface area contributed by atoms with Crippen LogP contribution in [0.25, 0.3) is 0 Å². The van der Waals surface area contributed by atoms with Gasteiger partial charge in [0.25, 0.3) is 0 Å². The van der Waals surface area contributed by atoms with Gasteiger partial charge in [-0.1, -0.05) is 13.8 Å². The Bertz CT molecular complexity index is 233. The van der Waals surface area contributed by atoms with Crippen molar-refractivity contribution in [3.05, 3.63) is 0 Å². The minimum atomic E-state index is 0.424. The predicted molar refractivity (Wildman–Crippen MR) is 70.0 cm³/mol. The predicted octanol–water partition coefficient (Wildman–Crippen LogP) is 3.64. The molecule has 2 aliphatic carbocycles. The van der Waals surface area contributed by atoms with Crippen molar-refractivity contribution in [3.63, 3.8) is 0 Å². The molecule has 3 atom stereocenters. The highest BCUT2D eigenvalue weighted by atomic mass is 16.5. The number of hydrogen-bond acceptors (Lipinski definition) is 2. The molecule has 0 radical (unpaired) electrons. The number of rotatable bonds is 5. The molecule has 3 unspecified atom stereocenters. The second kappa shape index (κ2) is 5.71. The summed E-state index contributed by atoms with van der Waals surface area (Å²) in [6.07, 6.45) is 7.69. The zero-order valence-electron chi connectivity index (χ0n) is 11.8. The van der Waals surface area contributed by atoms with E-state index in [-0.39, 0.29) is 0 Å². The molecule has 2 rings (SSSR count). The molecule has 2 saturated carbocycles. The lowest BCUT2D eigenvalue weighted by molar-refractivity contribution is -0.0972. The molecule has 2 heteroatoms.